The number of nitrogens with one attached hydrogen (secondary N) is 1. The lowest BCUT2D eigenvalue weighted by Gasteiger charge is -2.19. The van der Waals surface area contributed by atoms with Crippen LogP contribution in [0.4, 0.5) is 0 Å². The topological polar surface area (TPSA) is 29.1 Å². The van der Waals surface area contributed by atoms with E-state index in [9.17, 15) is 4.79 Å². The molecule has 0 aromatic heterocycles. The predicted octanol–water partition coefficient (Wildman–Crippen LogP) is 4.18. The molecule has 2 nitrogen and oxygen atoms in total. The van der Waals surface area contributed by atoms with Gasteiger partial charge in [-0.15, -0.1) is 0 Å². The summed E-state index contributed by atoms with van der Waals surface area (Å²) < 4.78 is 0. The van der Waals surface area contributed by atoms with Crippen molar-refractivity contribution in [3.8, 4) is 0 Å². The lowest BCUT2D eigenvalue weighted by molar-refractivity contribution is -0.122. The van der Waals surface area contributed by atoms with Gasteiger partial charge in [0.2, 0.25) is 5.91 Å². The van der Waals surface area contributed by atoms with Crippen molar-refractivity contribution >= 4 is 5.91 Å². The summed E-state index contributed by atoms with van der Waals surface area (Å²) in [5.41, 5.74) is 2.36. The van der Waals surface area contributed by atoms with Crippen LogP contribution >= 0.6 is 0 Å². The largest absolute Gasteiger partial charge is 0.355 e. The van der Waals surface area contributed by atoms with E-state index in [2.05, 4.69) is 31.3 Å². The minimum Gasteiger partial charge on any atom is -0.355 e. The van der Waals surface area contributed by atoms with E-state index >= 15 is 0 Å². The summed E-state index contributed by atoms with van der Waals surface area (Å²) in [4.78, 5) is 12.6. The van der Waals surface area contributed by atoms with Crippen molar-refractivity contribution in [3.63, 3.8) is 0 Å². The molecule has 0 aliphatic heterocycles. The third-order valence-electron chi connectivity index (χ3n) is 3.78. The number of carbonyl (C=O) groups excluding carboxylic acids is 1. The highest BCUT2D eigenvalue weighted by atomic mass is 16.1. The highest BCUT2D eigenvalue weighted by Crippen LogP contribution is 2.23. The molecule has 0 aliphatic rings. The highest BCUT2D eigenvalue weighted by molar-refractivity contribution is 5.83. The number of carbonyl (C=O) groups is 1. The van der Waals surface area contributed by atoms with E-state index in [1.54, 1.807) is 0 Å². The van der Waals surface area contributed by atoms with Gasteiger partial charge >= 0.3 is 0 Å². The fourth-order valence-corrected chi connectivity index (χ4v) is 2.65. The Kier molecular flexibility index (Phi) is 6.20. The molecule has 2 aromatic rings. The van der Waals surface area contributed by atoms with Gasteiger partial charge in [-0.25, -0.2) is 0 Å². The van der Waals surface area contributed by atoms with Crippen LogP contribution in [0, 0.1) is 5.92 Å². The summed E-state index contributed by atoms with van der Waals surface area (Å²) in [5.74, 6) is 0.567. The first-order valence-electron chi connectivity index (χ1n) is 8.03. The van der Waals surface area contributed by atoms with E-state index < -0.39 is 0 Å². The zero-order valence-electron chi connectivity index (χ0n) is 13.5. The van der Waals surface area contributed by atoms with Gasteiger partial charge in [-0.05, 0) is 29.9 Å². The molecular formula is C20H25NO. The van der Waals surface area contributed by atoms with Gasteiger partial charge in [0.25, 0.3) is 0 Å². The first-order valence-corrected chi connectivity index (χ1v) is 8.03. The van der Waals surface area contributed by atoms with Crippen LogP contribution in [0.5, 0.6) is 0 Å². The molecule has 22 heavy (non-hydrogen) atoms. The summed E-state index contributed by atoms with van der Waals surface area (Å²) in [5, 5.41) is 3.10. The average molecular weight is 295 g/mol. The molecule has 0 radical (unpaired) electrons. The third kappa shape index (κ3) is 5.03. The molecular weight excluding hydrogens is 270 g/mol. The number of hydrogen-bond donors (Lipinski definition) is 1. The Bertz CT molecular complexity index is 563. The quantitative estimate of drug-likeness (QED) is 0.816. The maximum Gasteiger partial charge on any atom is 0.227 e. The molecule has 1 atom stereocenters. The molecule has 1 N–H and O–H groups in total. The van der Waals surface area contributed by atoms with Gasteiger partial charge in [0.05, 0.1) is 5.92 Å². The molecule has 0 saturated heterocycles. The summed E-state index contributed by atoms with van der Waals surface area (Å²) >= 11 is 0. The Labute approximate surface area is 133 Å². The van der Waals surface area contributed by atoms with Crippen LogP contribution in [0.15, 0.2) is 60.7 Å². The van der Waals surface area contributed by atoms with Crippen LogP contribution in [0.3, 0.4) is 0 Å². The maximum atomic E-state index is 12.6. The zero-order valence-corrected chi connectivity index (χ0v) is 13.5. The van der Waals surface area contributed by atoms with Crippen molar-refractivity contribution < 1.29 is 4.79 Å². The highest BCUT2D eigenvalue weighted by Gasteiger charge is 2.21. The zero-order chi connectivity index (χ0) is 15.8. The lowest BCUT2D eigenvalue weighted by Crippen LogP contribution is -2.31. The second-order valence-corrected chi connectivity index (χ2v) is 6.12. The van der Waals surface area contributed by atoms with E-state index in [0.717, 1.165) is 18.4 Å². The van der Waals surface area contributed by atoms with Crippen molar-refractivity contribution in [1.29, 1.82) is 0 Å². The lowest BCUT2D eigenvalue weighted by atomic mass is 9.89. The Morgan fingerprint density at radius 2 is 1.55 bits per heavy atom. The van der Waals surface area contributed by atoms with Gasteiger partial charge in [-0.1, -0.05) is 74.5 Å². The SMILES string of the molecule is CC(C)CC(C(=O)NCCc1ccccc1)c1ccccc1. The van der Waals surface area contributed by atoms with E-state index in [4.69, 9.17) is 0 Å². The van der Waals surface area contributed by atoms with Crippen molar-refractivity contribution in [2.24, 2.45) is 5.92 Å². The molecule has 0 fully saturated rings. The monoisotopic (exact) mass is 295 g/mol. The molecule has 1 amide bonds. The van der Waals surface area contributed by atoms with Crippen LogP contribution in [0.2, 0.25) is 0 Å². The molecule has 0 aliphatic carbocycles. The Hall–Kier alpha value is -2.09. The molecule has 1 unspecified atom stereocenters. The van der Waals surface area contributed by atoms with Crippen LogP contribution in [-0.2, 0) is 11.2 Å². The van der Waals surface area contributed by atoms with Crippen LogP contribution in [0.25, 0.3) is 0 Å². The minimum atomic E-state index is -0.0584. The maximum absolute atomic E-state index is 12.6. The second-order valence-electron chi connectivity index (χ2n) is 6.12. The second kappa shape index (κ2) is 8.38. The predicted molar refractivity (Wildman–Crippen MR) is 91.8 cm³/mol. The van der Waals surface area contributed by atoms with Crippen LogP contribution in [0.1, 0.15) is 37.3 Å². The van der Waals surface area contributed by atoms with Crippen molar-refractivity contribution in [2.45, 2.75) is 32.6 Å². The van der Waals surface area contributed by atoms with Crippen molar-refractivity contribution in [3.05, 3.63) is 71.8 Å². The van der Waals surface area contributed by atoms with Crippen molar-refractivity contribution in [2.75, 3.05) is 6.54 Å². The standard InChI is InChI=1S/C20H25NO/c1-16(2)15-19(18-11-7-4-8-12-18)20(22)21-14-13-17-9-5-3-6-10-17/h3-12,16,19H,13-15H2,1-2H3,(H,21,22). The molecule has 2 heteroatoms. The van der Waals surface area contributed by atoms with Gasteiger partial charge < -0.3 is 5.32 Å². The van der Waals surface area contributed by atoms with Gasteiger partial charge in [-0.3, -0.25) is 4.79 Å². The first-order chi connectivity index (χ1) is 10.7. The van der Waals surface area contributed by atoms with Crippen LogP contribution < -0.4 is 5.32 Å². The van der Waals surface area contributed by atoms with Gasteiger partial charge in [0, 0.05) is 6.54 Å². The van der Waals surface area contributed by atoms with E-state index in [0.29, 0.717) is 12.5 Å². The molecule has 0 saturated carbocycles. The number of amides is 1. The Morgan fingerprint density at radius 3 is 2.14 bits per heavy atom. The number of rotatable bonds is 7. The number of hydrogen-bond acceptors (Lipinski definition) is 1. The van der Waals surface area contributed by atoms with Gasteiger partial charge in [-0.2, -0.15) is 0 Å². The molecule has 2 aromatic carbocycles. The van der Waals surface area contributed by atoms with Gasteiger partial charge in [0.15, 0.2) is 0 Å². The Balaban J connectivity index is 1.94. The van der Waals surface area contributed by atoms with E-state index in [-0.39, 0.29) is 11.8 Å². The minimum absolute atomic E-state index is 0.0584. The molecule has 2 rings (SSSR count). The fraction of sp³-hybridized carbons (Fsp3) is 0.350. The Morgan fingerprint density at radius 1 is 0.955 bits per heavy atom. The molecule has 0 spiro atoms. The normalized spacial score (nSPS) is 12.1. The number of benzene rings is 2. The summed E-state index contributed by atoms with van der Waals surface area (Å²) in [6.07, 6.45) is 1.75. The summed E-state index contributed by atoms with van der Waals surface area (Å²) in [6, 6.07) is 20.3. The van der Waals surface area contributed by atoms with E-state index in [1.165, 1.54) is 5.56 Å². The van der Waals surface area contributed by atoms with Gasteiger partial charge in [0.1, 0.15) is 0 Å². The summed E-state index contributed by atoms with van der Waals surface area (Å²) in [7, 11) is 0. The van der Waals surface area contributed by atoms with Crippen molar-refractivity contribution in [1.82, 2.24) is 5.32 Å². The first kappa shape index (κ1) is 16.3. The van der Waals surface area contributed by atoms with Crippen LogP contribution in [-0.4, -0.2) is 12.5 Å². The fourth-order valence-electron chi connectivity index (χ4n) is 2.65. The smallest absolute Gasteiger partial charge is 0.227 e. The summed E-state index contributed by atoms with van der Waals surface area (Å²) in [6.45, 7) is 5.00. The molecule has 0 bridgehead atoms. The molecule has 0 heterocycles. The third-order valence-corrected chi connectivity index (χ3v) is 3.78. The van der Waals surface area contributed by atoms with E-state index in [1.807, 2.05) is 48.5 Å². The average Bonchev–Trinajstić information content (AvgIpc) is 2.54. The molecule has 116 valence electrons.